The highest BCUT2D eigenvalue weighted by Gasteiger charge is 2.23. The molecule has 1 saturated heterocycles. The minimum absolute atomic E-state index is 0.188. The average Bonchev–Trinajstić information content (AvgIpc) is 3.15. The van der Waals surface area contributed by atoms with Crippen molar-refractivity contribution in [1.29, 1.82) is 5.26 Å². The Kier molecular flexibility index (Phi) is 3.97. The Morgan fingerprint density at radius 2 is 2.48 bits per heavy atom. The molecule has 0 aromatic carbocycles. The lowest BCUT2D eigenvalue weighted by molar-refractivity contribution is 0.0996. The number of aryl methyl sites for hydroxylation is 1. The first kappa shape index (κ1) is 13.8. The second-order valence-corrected chi connectivity index (χ2v) is 5.22. The molecule has 110 valence electrons. The zero-order chi connectivity index (χ0) is 14.7. The first-order chi connectivity index (χ1) is 10.3. The summed E-state index contributed by atoms with van der Waals surface area (Å²) in [5.74, 6) is 0.770. The molecular weight excluding hydrogens is 268 g/mol. The van der Waals surface area contributed by atoms with E-state index in [1.54, 1.807) is 10.9 Å². The van der Waals surface area contributed by atoms with Crippen LogP contribution in [0.4, 0.5) is 5.82 Å². The third-order valence-corrected chi connectivity index (χ3v) is 3.76. The second-order valence-electron chi connectivity index (χ2n) is 5.22. The van der Waals surface area contributed by atoms with Crippen molar-refractivity contribution in [2.45, 2.75) is 44.9 Å². The van der Waals surface area contributed by atoms with Crippen LogP contribution in [0.2, 0.25) is 0 Å². The van der Waals surface area contributed by atoms with Crippen LogP contribution in [-0.4, -0.2) is 38.5 Å². The van der Waals surface area contributed by atoms with E-state index >= 15 is 0 Å². The quantitative estimate of drug-likeness (QED) is 0.900. The molecule has 3 rings (SSSR count). The van der Waals surface area contributed by atoms with Crippen LogP contribution in [0.25, 0.3) is 11.0 Å². The van der Waals surface area contributed by atoms with E-state index < -0.39 is 0 Å². The summed E-state index contributed by atoms with van der Waals surface area (Å²) in [6.45, 7) is 3.48. The summed E-state index contributed by atoms with van der Waals surface area (Å²) in [5, 5.41) is 17.2. The molecule has 2 aromatic heterocycles. The lowest BCUT2D eigenvalue weighted by atomic mass is 10.1. The molecule has 7 heteroatoms. The average molecular weight is 286 g/mol. The normalized spacial score (nSPS) is 19.5. The van der Waals surface area contributed by atoms with Crippen LogP contribution in [-0.2, 0) is 11.3 Å². The molecular formula is C14H18N6O. The fraction of sp³-hybridized carbons (Fsp3) is 0.571. The van der Waals surface area contributed by atoms with Gasteiger partial charge in [-0.3, -0.25) is 0 Å². The van der Waals surface area contributed by atoms with Crippen LogP contribution in [0.1, 0.15) is 26.2 Å². The minimum atomic E-state index is 0.188. The Morgan fingerprint density at radius 3 is 3.24 bits per heavy atom. The number of ether oxygens (including phenoxy) is 1. The summed E-state index contributed by atoms with van der Waals surface area (Å²) in [4.78, 5) is 8.58. The zero-order valence-electron chi connectivity index (χ0n) is 12.0. The van der Waals surface area contributed by atoms with Gasteiger partial charge in [0.25, 0.3) is 0 Å². The van der Waals surface area contributed by atoms with E-state index in [4.69, 9.17) is 10.00 Å². The highest BCUT2D eigenvalue weighted by atomic mass is 16.5. The van der Waals surface area contributed by atoms with Gasteiger partial charge in [-0.2, -0.15) is 10.4 Å². The van der Waals surface area contributed by atoms with Gasteiger partial charge in [0.1, 0.15) is 12.1 Å². The maximum atomic E-state index is 8.68. The molecule has 0 aliphatic carbocycles. The third kappa shape index (κ3) is 2.81. The Balaban J connectivity index is 1.82. The zero-order valence-corrected chi connectivity index (χ0v) is 12.0. The lowest BCUT2D eigenvalue weighted by Crippen LogP contribution is -2.30. The summed E-state index contributed by atoms with van der Waals surface area (Å²) < 4.78 is 7.43. The van der Waals surface area contributed by atoms with E-state index in [2.05, 4.69) is 33.4 Å². The number of nitriles is 1. The van der Waals surface area contributed by atoms with Gasteiger partial charge in [-0.05, 0) is 19.8 Å². The maximum Gasteiger partial charge on any atom is 0.163 e. The number of anilines is 1. The predicted octanol–water partition coefficient (Wildman–Crippen LogP) is 1.72. The van der Waals surface area contributed by atoms with Gasteiger partial charge < -0.3 is 10.1 Å². The molecule has 2 aromatic rings. The number of fused-ring (bicyclic) bond motifs is 1. The largest absolute Gasteiger partial charge is 0.376 e. The van der Waals surface area contributed by atoms with E-state index in [1.807, 2.05) is 0 Å². The van der Waals surface area contributed by atoms with Crippen molar-refractivity contribution < 1.29 is 4.74 Å². The van der Waals surface area contributed by atoms with Gasteiger partial charge in [-0.15, -0.1) is 0 Å². The van der Waals surface area contributed by atoms with E-state index in [0.717, 1.165) is 36.3 Å². The van der Waals surface area contributed by atoms with Crippen molar-refractivity contribution in [2.24, 2.45) is 0 Å². The lowest BCUT2D eigenvalue weighted by Gasteiger charge is -2.20. The monoisotopic (exact) mass is 286 g/mol. The third-order valence-electron chi connectivity index (χ3n) is 3.76. The summed E-state index contributed by atoms with van der Waals surface area (Å²) in [6, 6.07) is 2.31. The topological polar surface area (TPSA) is 88.7 Å². The van der Waals surface area contributed by atoms with Crippen molar-refractivity contribution in [2.75, 3.05) is 11.9 Å². The highest BCUT2D eigenvalue weighted by Crippen LogP contribution is 2.23. The van der Waals surface area contributed by atoms with Crippen LogP contribution < -0.4 is 5.32 Å². The van der Waals surface area contributed by atoms with Crippen LogP contribution in [0.3, 0.4) is 0 Å². The van der Waals surface area contributed by atoms with Crippen LogP contribution in [0.15, 0.2) is 12.5 Å². The molecule has 7 nitrogen and oxygen atoms in total. The van der Waals surface area contributed by atoms with Crippen molar-refractivity contribution in [1.82, 2.24) is 19.7 Å². The number of hydrogen-bond acceptors (Lipinski definition) is 6. The molecule has 1 N–H and O–H groups in total. The van der Waals surface area contributed by atoms with Crippen molar-refractivity contribution in [3.63, 3.8) is 0 Å². The molecule has 0 bridgehead atoms. The van der Waals surface area contributed by atoms with Crippen LogP contribution >= 0.6 is 0 Å². The fourth-order valence-electron chi connectivity index (χ4n) is 2.63. The van der Waals surface area contributed by atoms with Gasteiger partial charge in [-0.25, -0.2) is 14.6 Å². The van der Waals surface area contributed by atoms with Crippen molar-refractivity contribution >= 4 is 16.9 Å². The molecule has 0 spiro atoms. The van der Waals surface area contributed by atoms with E-state index in [0.29, 0.717) is 13.0 Å². The smallest absolute Gasteiger partial charge is 0.163 e. The van der Waals surface area contributed by atoms with E-state index in [9.17, 15) is 0 Å². The molecule has 2 atom stereocenters. The fourth-order valence-corrected chi connectivity index (χ4v) is 2.63. The van der Waals surface area contributed by atoms with Gasteiger partial charge in [0.15, 0.2) is 5.65 Å². The van der Waals surface area contributed by atoms with Crippen molar-refractivity contribution in [3.8, 4) is 6.07 Å². The molecule has 1 fully saturated rings. The minimum Gasteiger partial charge on any atom is -0.376 e. The van der Waals surface area contributed by atoms with Crippen LogP contribution in [0, 0.1) is 11.3 Å². The second kappa shape index (κ2) is 6.06. The standard InChI is InChI=1S/C14H18N6O/c1-10(12-4-2-7-21-12)19-13-11-8-18-20(6-3-5-15)14(11)17-9-16-13/h8-10,12H,2-4,6-7H2,1H3,(H,16,17,19)/t10-,12+/m0/s1. The Bertz CT molecular complexity index is 655. The molecule has 0 radical (unpaired) electrons. The van der Waals surface area contributed by atoms with E-state index in [-0.39, 0.29) is 12.1 Å². The molecule has 0 amide bonds. The first-order valence-corrected chi connectivity index (χ1v) is 7.21. The van der Waals surface area contributed by atoms with E-state index in [1.165, 1.54) is 6.33 Å². The van der Waals surface area contributed by atoms with Gasteiger partial charge >= 0.3 is 0 Å². The molecule has 1 aliphatic rings. The maximum absolute atomic E-state index is 8.68. The predicted molar refractivity (Wildman–Crippen MR) is 77.6 cm³/mol. The summed E-state index contributed by atoms with van der Waals surface area (Å²) in [7, 11) is 0. The molecule has 0 unspecified atom stereocenters. The van der Waals surface area contributed by atoms with Crippen molar-refractivity contribution in [3.05, 3.63) is 12.5 Å². The van der Waals surface area contributed by atoms with Gasteiger partial charge in [0, 0.05) is 6.61 Å². The first-order valence-electron chi connectivity index (χ1n) is 7.21. The van der Waals surface area contributed by atoms with Gasteiger partial charge in [0.05, 0.1) is 42.8 Å². The highest BCUT2D eigenvalue weighted by molar-refractivity contribution is 5.86. The molecule has 21 heavy (non-hydrogen) atoms. The van der Waals surface area contributed by atoms with Crippen LogP contribution in [0.5, 0.6) is 0 Å². The molecule has 3 heterocycles. The summed E-state index contributed by atoms with van der Waals surface area (Å²) in [5.41, 5.74) is 0.752. The number of hydrogen-bond donors (Lipinski definition) is 1. The van der Waals surface area contributed by atoms with Gasteiger partial charge in [0.2, 0.25) is 0 Å². The SMILES string of the molecule is C[C@H](Nc1ncnc2c1cnn2CCC#N)[C@H]1CCCO1. The Hall–Kier alpha value is -2.20. The summed E-state index contributed by atoms with van der Waals surface area (Å²) in [6.07, 6.45) is 6.10. The Morgan fingerprint density at radius 1 is 1.57 bits per heavy atom. The number of rotatable bonds is 5. The molecule has 1 aliphatic heterocycles. The Labute approximate surface area is 122 Å². The molecule has 0 saturated carbocycles. The number of nitrogens with zero attached hydrogens (tertiary/aromatic N) is 5. The summed E-state index contributed by atoms with van der Waals surface area (Å²) >= 11 is 0. The van der Waals surface area contributed by atoms with Gasteiger partial charge in [-0.1, -0.05) is 0 Å². The number of nitrogens with one attached hydrogen (secondary N) is 1. The number of aromatic nitrogens is 4.